The third-order valence-corrected chi connectivity index (χ3v) is 7.78. The quantitative estimate of drug-likeness (QED) is 0.0400. The van der Waals surface area contributed by atoms with Gasteiger partial charge in [0, 0.05) is 19.4 Å². The first kappa shape index (κ1) is 49.8. The van der Waals surface area contributed by atoms with Crippen molar-refractivity contribution in [2.45, 2.75) is 174 Å². The molecular weight excluding hydrogens is 592 g/mol. The van der Waals surface area contributed by atoms with Gasteiger partial charge in [-0.15, -0.1) is 0 Å². The monoisotopic (exact) mass is 673 g/mol. The van der Waals surface area contributed by atoms with E-state index in [1.165, 1.54) is 77.0 Å². The molecule has 0 saturated carbocycles. The van der Waals surface area contributed by atoms with Crippen LogP contribution in [0.2, 0.25) is 0 Å². The van der Waals surface area contributed by atoms with Crippen LogP contribution >= 0.6 is 0 Å². The molecule has 1 amide bonds. The molecule has 0 spiro atoms. The molecule has 0 saturated heterocycles. The molecule has 0 aromatic heterocycles. The molecular formula is C37H80N6O4. The maximum Gasteiger partial charge on any atom is 0.303 e. The van der Waals surface area contributed by atoms with E-state index in [4.69, 9.17) is 22.3 Å². The van der Waals surface area contributed by atoms with Crippen molar-refractivity contribution in [3.8, 4) is 0 Å². The zero-order valence-corrected chi connectivity index (χ0v) is 31.2. The van der Waals surface area contributed by atoms with Gasteiger partial charge in [-0.3, -0.25) is 9.59 Å². The number of ketones is 1. The Morgan fingerprint density at radius 3 is 1.47 bits per heavy atom. The molecule has 0 bridgehead atoms. The Kier molecular flexibility index (Phi) is 47.0. The fourth-order valence-corrected chi connectivity index (χ4v) is 4.74. The Morgan fingerprint density at radius 1 is 0.553 bits per heavy atom. The average molecular weight is 673 g/mol. The van der Waals surface area contributed by atoms with E-state index in [0.29, 0.717) is 31.7 Å². The largest absolute Gasteiger partial charge is 0.481 e. The number of carbonyl (C=O) groups excluding carboxylic acids is 2. The first-order valence-corrected chi connectivity index (χ1v) is 19.3. The summed E-state index contributed by atoms with van der Waals surface area (Å²) >= 11 is 0. The summed E-state index contributed by atoms with van der Waals surface area (Å²) in [6.07, 6.45) is 25.3. The van der Waals surface area contributed by atoms with Crippen molar-refractivity contribution in [3.63, 3.8) is 0 Å². The fraction of sp³-hybridized carbons (Fsp3) is 0.919. The number of aliphatic carboxylic acids is 1. The Hall–Kier alpha value is -1.59. The molecule has 282 valence electrons. The molecule has 10 N–H and O–H groups in total. The second-order valence-corrected chi connectivity index (χ2v) is 12.7. The highest BCUT2D eigenvalue weighted by Gasteiger charge is 2.11. The van der Waals surface area contributed by atoms with Gasteiger partial charge in [0.1, 0.15) is 5.78 Å². The predicted octanol–water partition coefficient (Wildman–Crippen LogP) is 6.19. The predicted molar refractivity (Wildman–Crippen MR) is 201 cm³/mol. The van der Waals surface area contributed by atoms with Gasteiger partial charge in [-0.25, -0.2) is 0 Å². The van der Waals surface area contributed by atoms with E-state index in [1.807, 2.05) is 0 Å². The van der Waals surface area contributed by atoms with Crippen LogP contribution in [0, 0.1) is 0 Å². The molecule has 0 aliphatic heterocycles. The van der Waals surface area contributed by atoms with Gasteiger partial charge in [-0.2, -0.15) is 0 Å². The van der Waals surface area contributed by atoms with Crippen LogP contribution in [0.3, 0.4) is 0 Å². The lowest BCUT2D eigenvalue weighted by Crippen LogP contribution is -2.41. The standard InChI is InChI=1S/C16H38N6O.C11H22O.C10H20O2/c17-8-2-1-7-15(19)16(23)22-14-6-13-21-11-4-3-10-20-12-5-9-18;1-3-4-5-6-7-8-9-10-11(2)12;1-2-3-4-5-6-7-8-9-10(11)12/h15,20-21H,1-14,17-19H2,(H,22,23);3-10H2,1-2H3;2-9H2,1H3,(H,11,12)/t15-;;/m1../s1. The number of nitrogens with one attached hydrogen (secondary N) is 3. The van der Waals surface area contributed by atoms with Crippen molar-refractivity contribution in [1.82, 2.24) is 16.0 Å². The van der Waals surface area contributed by atoms with Crippen LogP contribution in [0.25, 0.3) is 0 Å². The summed E-state index contributed by atoms with van der Waals surface area (Å²) in [7, 11) is 0. The molecule has 1 atom stereocenters. The van der Waals surface area contributed by atoms with Crippen molar-refractivity contribution in [2.24, 2.45) is 17.2 Å². The third-order valence-electron chi connectivity index (χ3n) is 7.78. The zero-order chi connectivity index (χ0) is 35.6. The van der Waals surface area contributed by atoms with Gasteiger partial charge in [0.2, 0.25) is 5.91 Å². The second-order valence-electron chi connectivity index (χ2n) is 12.7. The SMILES string of the molecule is CCCCCCCCCC(=O)O.CCCCCCCCCC(C)=O.NCCCC[C@@H](N)C(=O)NCCCNCCCCNCCCN. The molecule has 0 heterocycles. The minimum Gasteiger partial charge on any atom is -0.481 e. The number of Topliss-reactive ketones (excluding diaryl/α,β-unsaturated/α-hetero) is 1. The maximum absolute atomic E-state index is 11.7. The number of nitrogens with two attached hydrogens (primary N) is 3. The van der Waals surface area contributed by atoms with Crippen molar-refractivity contribution >= 4 is 17.7 Å². The van der Waals surface area contributed by atoms with Gasteiger partial charge < -0.3 is 43.1 Å². The summed E-state index contributed by atoms with van der Waals surface area (Å²) in [6, 6.07) is -0.402. The Balaban J connectivity index is -0.000000680. The molecule has 10 heteroatoms. The smallest absolute Gasteiger partial charge is 0.303 e. The molecule has 0 unspecified atom stereocenters. The van der Waals surface area contributed by atoms with E-state index in [2.05, 4.69) is 29.8 Å². The summed E-state index contributed by atoms with van der Waals surface area (Å²) in [5.41, 5.74) is 16.7. The van der Waals surface area contributed by atoms with Crippen LogP contribution in [0.15, 0.2) is 0 Å². The molecule has 0 radical (unpaired) electrons. The molecule has 0 rings (SSSR count). The van der Waals surface area contributed by atoms with Crippen molar-refractivity contribution in [2.75, 3.05) is 45.8 Å². The number of rotatable bonds is 33. The maximum atomic E-state index is 11.7. The molecule has 10 nitrogen and oxygen atoms in total. The minimum absolute atomic E-state index is 0.0504. The minimum atomic E-state index is -0.663. The number of amides is 1. The van der Waals surface area contributed by atoms with Crippen LogP contribution < -0.4 is 33.2 Å². The van der Waals surface area contributed by atoms with E-state index in [9.17, 15) is 14.4 Å². The van der Waals surface area contributed by atoms with Gasteiger partial charge >= 0.3 is 5.97 Å². The van der Waals surface area contributed by atoms with Crippen LogP contribution in [0.4, 0.5) is 0 Å². The number of hydrogen-bond donors (Lipinski definition) is 7. The Bertz CT molecular complexity index is 626. The van der Waals surface area contributed by atoms with Gasteiger partial charge in [0.25, 0.3) is 0 Å². The summed E-state index contributed by atoms with van der Waals surface area (Å²) in [5.74, 6) is -0.377. The van der Waals surface area contributed by atoms with E-state index in [1.54, 1.807) is 6.92 Å². The Labute approximate surface area is 290 Å². The second kappa shape index (κ2) is 44.4. The highest BCUT2D eigenvalue weighted by atomic mass is 16.4. The van der Waals surface area contributed by atoms with Gasteiger partial charge in [0.05, 0.1) is 6.04 Å². The number of carboxylic acids is 1. The Morgan fingerprint density at radius 2 is 1.00 bits per heavy atom. The van der Waals surface area contributed by atoms with Crippen LogP contribution in [-0.2, 0) is 14.4 Å². The van der Waals surface area contributed by atoms with E-state index in [-0.39, 0.29) is 5.91 Å². The lowest BCUT2D eigenvalue weighted by Gasteiger charge is -2.12. The van der Waals surface area contributed by atoms with Gasteiger partial charge in [0.15, 0.2) is 0 Å². The summed E-state index contributed by atoms with van der Waals surface area (Å²) in [6.45, 7) is 12.2. The van der Waals surface area contributed by atoms with Crippen LogP contribution in [0.5, 0.6) is 0 Å². The summed E-state index contributed by atoms with van der Waals surface area (Å²) in [5, 5.41) is 18.0. The molecule has 0 fully saturated rings. The van der Waals surface area contributed by atoms with Crippen LogP contribution in [0.1, 0.15) is 168 Å². The normalized spacial score (nSPS) is 11.2. The molecule has 47 heavy (non-hydrogen) atoms. The topological polar surface area (TPSA) is 186 Å². The first-order valence-electron chi connectivity index (χ1n) is 19.3. The molecule has 0 aromatic rings. The molecule has 0 aromatic carbocycles. The summed E-state index contributed by atoms with van der Waals surface area (Å²) in [4.78, 5) is 32.4. The summed E-state index contributed by atoms with van der Waals surface area (Å²) < 4.78 is 0. The number of carbonyl (C=O) groups is 3. The lowest BCUT2D eigenvalue weighted by atomic mass is 10.1. The highest BCUT2D eigenvalue weighted by Crippen LogP contribution is 2.09. The van der Waals surface area contributed by atoms with Crippen molar-refractivity contribution in [3.05, 3.63) is 0 Å². The highest BCUT2D eigenvalue weighted by molar-refractivity contribution is 5.81. The van der Waals surface area contributed by atoms with Gasteiger partial charge in [-0.05, 0) is 97.6 Å². The average Bonchev–Trinajstić information content (AvgIpc) is 3.04. The molecule has 0 aliphatic rings. The number of carboxylic acid groups (broad SMARTS) is 1. The number of hydrogen-bond acceptors (Lipinski definition) is 8. The lowest BCUT2D eigenvalue weighted by molar-refractivity contribution is -0.137. The van der Waals surface area contributed by atoms with Crippen LogP contribution in [-0.4, -0.2) is 74.6 Å². The first-order chi connectivity index (χ1) is 22.8. The van der Waals surface area contributed by atoms with Crippen molar-refractivity contribution in [1.29, 1.82) is 0 Å². The van der Waals surface area contributed by atoms with E-state index < -0.39 is 12.0 Å². The molecule has 0 aliphatic carbocycles. The van der Waals surface area contributed by atoms with E-state index in [0.717, 1.165) is 90.5 Å². The fourth-order valence-electron chi connectivity index (χ4n) is 4.74. The van der Waals surface area contributed by atoms with Crippen molar-refractivity contribution < 1.29 is 19.5 Å². The third kappa shape index (κ3) is 51.4. The van der Waals surface area contributed by atoms with Gasteiger partial charge in [-0.1, -0.05) is 97.3 Å². The van der Waals surface area contributed by atoms with E-state index >= 15 is 0 Å². The number of unbranched alkanes of at least 4 members (excludes halogenated alkanes) is 14. The zero-order valence-electron chi connectivity index (χ0n) is 31.2.